The maximum absolute atomic E-state index is 4.51. The number of hydrogen-bond acceptors (Lipinski definition) is 4. The van der Waals surface area contributed by atoms with Gasteiger partial charge in [-0.1, -0.05) is 6.42 Å². The minimum atomic E-state index is 0.725. The SMILES string of the molecule is c1nc2ncn3c(CN4CCCCC4)cnc3c2[nH]1. The fourth-order valence-electron chi connectivity index (χ4n) is 2.84. The Bertz CT molecular complexity index is 706. The van der Waals surface area contributed by atoms with E-state index in [9.17, 15) is 0 Å². The van der Waals surface area contributed by atoms with Gasteiger partial charge in [0.25, 0.3) is 0 Å². The summed E-state index contributed by atoms with van der Waals surface area (Å²) in [4.78, 5) is 18.6. The molecule has 0 bridgehead atoms. The van der Waals surface area contributed by atoms with Crippen molar-refractivity contribution >= 4 is 16.8 Å². The maximum Gasteiger partial charge on any atom is 0.182 e. The molecule has 1 aliphatic rings. The molecule has 1 fully saturated rings. The second-order valence-electron chi connectivity index (χ2n) is 5.13. The largest absolute Gasteiger partial charge is 0.340 e. The average molecular weight is 256 g/mol. The molecule has 0 unspecified atom stereocenters. The van der Waals surface area contributed by atoms with Crippen molar-refractivity contribution in [2.45, 2.75) is 25.8 Å². The van der Waals surface area contributed by atoms with Gasteiger partial charge in [0.05, 0.1) is 18.2 Å². The van der Waals surface area contributed by atoms with E-state index in [0.29, 0.717) is 0 Å². The number of rotatable bonds is 2. The predicted molar refractivity (Wildman–Crippen MR) is 71.8 cm³/mol. The number of imidazole rings is 2. The molecule has 0 atom stereocenters. The zero-order valence-corrected chi connectivity index (χ0v) is 10.7. The topological polar surface area (TPSA) is 62.1 Å². The minimum Gasteiger partial charge on any atom is -0.340 e. The number of hydrogen-bond donors (Lipinski definition) is 1. The molecule has 0 aromatic carbocycles. The van der Waals surface area contributed by atoms with E-state index in [1.165, 1.54) is 38.0 Å². The zero-order chi connectivity index (χ0) is 12.7. The van der Waals surface area contributed by atoms with Crippen molar-refractivity contribution in [1.29, 1.82) is 0 Å². The average Bonchev–Trinajstić information content (AvgIpc) is 3.06. The Labute approximate surface area is 110 Å². The quantitative estimate of drug-likeness (QED) is 0.756. The summed E-state index contributed by atoms with van der Waals surface area (Å²) >= 11 is 0. The molecular formula is C13H16N6. The first-order valence-electron chi connectivity index (χ1n) is 6.78. The molecule has 3 aromatic heterocycles. The van der Waals surface area contributed by atoms with Gasteiger partial charge in [-0.3, -0.25) is 9.30 Å². The molecule has 0 radical (unpaired) electrons. The highest BCUT2D eigenvalue weighted by molar-refractivity contribution is 5.84. The summed E-state index contributed by atoms with van der Waals surface area (Å²) in [6.45, 7) is 3.32. The van der Waals surface area contributed by atoms with Gasteiger partial charge in [-0.15, -0.1) is 0 Å². The Morgan fingerprint density at radius 3 is 2.89 bits per heavy atom. The molecule has 6 heteroatoms. The molecule has 1 N–H and O–H groups in total. The van der Waals surface area contributed by atoms with Gasteiger partial charge in [0.2, 0.25) is 0 Å². The second kappa shape index (κ2) is 4.31. The summed E-state index contributed by atoms with van der Waals surface area (Å²) in [5, 5.41) is 0. The highest BCUT2D eigenvalue weighted by atomic mass is 15.2. The summed E-state index contributed by atoms with van der Waals surface area (Å²) in [7, 11) is 0. The van der Waals surface area contributed by atoms with Crippen LogP contribution in [0.3, 0.4) is 0 Å². The number of nitrogens with one attached hydrogen (secondary N) is 1. The van der Waals surface area contributed by atoms with E-state index in [4.69, 9.17) is 0 Å². The number of nitrogens with zero attached hydrogens (tertiary/aromatic N) is 5. The molecule has 0 aliphatic carbocycles. The molecule has 4 heterocycles. The lowest BCUT2D eigenvalue weighted by Gasteiger charge is -2.25. The normalized spacial score (nSPS) is 17.5. The number of H-pyrrole nitrogens is 1. The summed E-state index contributed by atoms with van der Waals surface area (Å²) < 4.78 is 2.06. The third-order valence-corrected chi connectivity index (χ3v) is 3.85. The molecule has 0 saturated carbocycles. The lowest BCUT2D eigenvalue weighted by Crippen LogP contribution is -2.29. The first-order chi connectivity index (χ1) is 9.42. The molecule has 98 valence electrons. The molecule has 19 heavy (non-hydrogen) atoms. The second-order valence-corrected chi connectivity index (χ2v) is 5.13. The van der Waals surface area contributed by atoms with Crippen LogP contribution in [0.25, 0.3) is 16.8 Å². The van der Waals surface area contributed by atoms with Crippen molar-refractivity contribution in [3.63, 3.8) is 0 Å². The molecule has 0 spiro atoms. The molecular weight excluding hydrogens is 240 g/mol. The summed E-state index contributed by atoms with van der Waals surface area (Å²) in [5.74, 6) is 0. The predicted octanol–water partition coefficient (Wildman–Crippen LogP) is 1.59. The maximum atomic E-state index is 4.51. The van der Waals surface area contributed by atoms with Crippen LogP contribution in [-0.2, 0) is 6.54 Å². The van der Waals surface area contributed by atoms with E-state index < -0.39 is 0 Å². The van der Waals surface area contributed by atoms with Crippen LogP contribution >= 0.6 is 0 Å². The molecule has 1 saturated heterocycles. The van der Waals surface area contributed by atoms with Crippen molar-refractivity contribution in [2.24, 2.45) is 0 Å². The first kappa shape index (κ1) is 10.9. The van der Waals surface area contributed by atoms with E-state index in [2.05, 4.69) is 29.2 Å². The summed E-state index contributed by atoms with van der Waals surface area (Å²) in [6.07, 6.45) is 9.41. The fourth-order valence-corrected chi connectivity index (χ4v) is 2.84. The van der Waals surface area contributed by atoms with E-state index in [1.54, 1.807) is 6.33 Å². The van der Waals surface area contributed by atoms with Crippen molar-refractivity contribution < 1.29 is 0 Å². The van der Waals surface area contributed by atoms with E-state index in [-0.39, 0.29) is 0 Å². The van der Waals surface area contributed by atoms with Gasteiger partial charge in [-0.25, -0.2) is 15.0 Å². The number of piperidine rings is 1. The standard InChI is InChI=1S/C13H16N6/c1-2-4-18(5-3-1)7-10-6-14-13-11-12(16-8-15-11)17-9-19(10)13/h6,8-9H,1-5,7H2,(H,15,16). The number of aromatic nitrogens is 5. The summed E-state index contributed by atoms with van der Waals surface area (Å²) in [5.41, 5.74) is 3.74. The number of fused-ring (bicyclic) bond motifs is 3. The van der Waals surface area contributed by atoms with Gasteiger partial charge >= 0.3 is 0 Å². The Morgan fingerprint density at radius 2 is 2.00 bits per heavy atom. The molecule has 4 rings (SSSR count). The smallest absolute Gasteiger partial charge is 0.182 e. The van der Waals surface area contributed by atoms with Gasteiger partial charge in [-0.2, -0.15) is 0 Å². The minimum absolute atomic E-state index is 0.725. The Morgan fingerprint density at radius 1 is 1.11 bits per heavy atom. The number of aromatic amines is 1. The van der Waals surface area contributed by atoms with Crippen LogP contribution in [0.5, 0.6) is 0 Å². The zero-order valence-electron chi connectivity index (χ0n) is 10.7. The van der Waals surface area contributed by atoms with Crippen LogP contribution in [0.1, 0.15) is 25.0 Å². The third-order valence-electron chi connectivity index (χ3n) is 3.85. The summed E-state index contributed by atoms with van der Waals surface area (Å²) in [6, 6.07) is 0. The van der Waals surface area contributed by atoms with E-state index in [0.717, 1.165) is 23.4 Å². The van der Waals surface area contributed by atoms with Crippen molar-refractivity contribution in [3.8, 4) is 0 Å². The Balaban J connectivity index is 1.73. The van der Waals surface area contributed by atoms with Crippen LogP contribution in [0.15, 0.2) is 18.9 Å². The van der Waals surface area contributed by atoms with Crippen LogP contribution < -0.4 is 0 Å². The lowest BCUT2D eigenvalue weighted by molar-refractivity contribution is 0.218. The highest BCUT2D eigenvalue weighted by Gasteiger charge is 2.14. The van der Waals surface area contributed by atoms with Crippen molar-refractivity contribution in [2.75, 3.05) is 13.1 Å². The van der Waals surface area contributed by atoms with E-state index in [1.807, 2.05) is 12.5 Å². The van der Waals surface area contributed by atoms with Crippen molar-refractivity contribution in [1.82, 2.24) is 29.2 Å². The highest BCUT2D eigenvalue weighted by Crippen LogP contribution is 2.17. The van der Waals surface area contributed by atoms with Gasteiger partial charge < -0.3 is 4.98 Å². The molecule has 1 aliphatic heterocycles. The van der Waals surface area contributed by atoms with Gasteiger partial charge in [-0.05, 0) is 25.9 Å². The van der Waals surface area contributed by atoms with Crippen LogP contribution in [-0.4, -0.2) is 42.3 Å². The monoisotopic (exact) mass is 256 g/mol. The van der Waals surface area contributed by atoms with Gasteiger partial charge in [0.1, 0.15) is 11.8 Å². The van der Waals surface area contributed by atoms with Gasteiger partial charge in [0, 0.05) is 6.54 Å². The first-order valence-corrected chi connectivity index (χ1v) is 6.78. The molecule has 0 amide bonds. The lowest BCUT2D eigenvalue weighted by atomic mass is 10.1. The van der Waals surface area contributed by atoms with Crippen LogP contribution in [0, 0.1) is 0 Å². The Kier molecular flexibility index (Phi) is 2.48. The van der Waals surface area contributed by atoms with E-state index >= 15 is 0 Å². The third kappa shape index (κ3) is 1.79. The van der Waals surface area contributed by atoms with Crippen LogP contribution in [0.4, 0.5) is 0 Å². The number of likely N-dealkylation sites (tertiary alicyclic amines) is 1. The van der Waals surface area contributed by atoms with Gasteiger partial charge in [0.15, 0.2) is 11.3 Å². The van der Waals surface area contributed by atoms with Crippen molar-refractivity contribution in [3.05, 3.63) is 24.5 Å². The molecule has 3 aromatic rings. The van der Waals surface area contributed by atoms with Crippen LogP contribution in [0.2, 0.25) is 0 Å². The fraction of sp³-hybridized carbons (Fsp3) is 0.462. The molecule has 6 nitrogen and oxygen atoms in total. The Hall–Kier alpha value is -1.95.